The van der Waals surface area contributed by atoms with Gasteiger partial charge in [0.1, 0.15) is 17.7 Å². The van der Waals surface area contributed by atoms with Gasteiger partial charge in [0.2, 0.25) is 15.9 Å². The molecule has 0 unspecified atom stereocenters. The second-order valence-corrected chi connectivity index (χ2v) is 13.4. The zero-order chi connectivity index (χ0) is 30.7. The number of amides is 1. The number of β-amino-alcohol motifs (C(OH)–C–C–N with tert-alkyl or cyclic N) is 1. The number of allylic oxidation sites excluding steroid dienone is 1. The molecule has 2 aromatic rings. The summed E-state index contributed by atoms with van der Waals surface area (Å²) in [5.41, 5.74) is 3.73. The van der Waals surface area contributed by atoms with Crippen LogP contribution in [0, 0.1) is 18.6 Å². The number of aliphatic hydroxyl groups is 1. The Hall–Kier alpha value is -2.66. The summed E-state index contributed by atoms with van der Waals surface area (Å²) in [6.07, 6.45) is 7.43. The summed E-state index contributed by atoms with van der Waals surface area (Å²) < 4.78 is 55.4. The number of halogens is 2. The molecular weight excluding hydrogens is 560 g/mol. The van der Waals surface area contributed by atoms with Gasteiger partial charge in [-0.25, -0.2) is 17.2 Å². The van der Waals surface area contributed by atoms with Crippen LogP contribution < -0.4 is 10.6 Å². The topological polar surface area (TPSA) is 98.7 Å². The molecule has 0 saturated carbocycles. The Bertz CT molecular complexity index is 1300. The highest BCUT2D eigenvalue weighted by Gasteiger charge is 2.33. The zero-order valence-electron chi connectivity index (χ0n) is 24.9. The van der Waals surface area contributed by atoms with E-state index in [0.29, 0.717) is 13.0 Å². The Morgan fingerprint density at radius 1 is 1.05 bits per heavy atom. The summed E-state index contributed by atoms with van der Waals surface area (Å²) in [6, 6.07) is 7.42. The van der Waals surface area contributed by atoms with Crippen molar-refractivity contribution >= 4 is 15.9 Å². The maximum absolute atomic E-state index is 14.0. The molecular formula is C32H45F2N3O4S. The van der Waals surface area contributed by atoms with Gasteiger partial charge in [-0.15, -0.1) is 0 Å². The first kappa shape index (κ1) is 33.8. The lowest BCUT2D eigenvalue weighted by atomic mass is 9.98. The van der Waals surface area contributed by atoms with Gasteiger partial charge >= 0.3 is 0 Å². The van der Waals surface area contributed by atoms with Crippen molar-refractivity contribution in [2.45, 2.75) is 89.9 Å². The van der Waals surface area contributed by atoms with Gasteiger partial charge in [-0.3, -0.25) is 4.79 Å². The molecule has 3 N–H and O–H groups in total. The maximum atomic E-state index is 14.0. The highest BCUT2D eigenvalue weighted by atomic mass is 32.2. The number of aryl methyl sites for hydroxylation is 2. The summed E-state index contributed by atoms with van der Waals surface area (Å²) in [4.78, 5) is 13.7. The van der Waals surface area contributed by atoms with Crippen LogP contribution in [0.3, 0.4) is 0 Å². The smallest absolute Gasteiger partial charge is 0.239 e. The number of fused-ring (bicyclic) bond motifs is 1. The molecule has 0 aromatic heterocycles. The van der Waals surface area contributed by atoms with Crippen LogP contribution in [0.15, 0.2) is 48.6 Å². The van der Waals surface area contributed by atoms with E-state index in [1.807, 2.05) is 26.0 Å². The molecule has 0 saturated heterocycles. The Kier molecular flexibility index (Phi) is 13.1. The SMILES string of the molecule is CCCCCS(=O)(=O)N(C)[C@H]1CC=CCCCc2ccc(C)cc2CNC[C@@H](O)[C@H](Cc2cc(F)cc(F)c2)NC1=O. The summed E-state index contributed by atoms with van der Waals surface area (Å²) in [6.45, 7) is 4.62. The van der Waals surface area contributed by atoms with Crippen LogP contribution >= 0.6 is 0 Å². The molecule has 232 valence electrons. The van der Waals surface area contributed by atoms with Crippen LogP contribution in [0.4, 0.5) is 8.78 Å². The van der Waals surface area contributed by atoms with Gasteiger partial charge in [0, 0.05) is 26.2 Å². The fourth-order valence-electron chi connectivity index (χ4n) is 5.25. The molecule has 0 bridgehead atoms. The fourth-order valence-corrected chi connectivity index (χ4v) is 6.68. The maximum Gasteiger partial charge on any atom is 0.239 e. The Balaban J connectivity index is 1.92. The van der Waals surface area contributed by atoms with Gasteiger partial charge < -0.3 is 15.7 Å². The zero-order valence-corrected chi connectivity index (χ0v) is 25.7. The summed E-state index contributed by atoms with van der Waals surface area (Å²) >= 11 is 0. The van der Waals surface area contributed by atoms with Crippen molar-refractivity contribution in [3.05, 3.63) is 82.4 Å². The largest absolute Gasteiger partial charge is 0.390 e. The van der Waals surface area contributed by atoms with E-state index in [4.69, 9.17) is 0 Å². The molecule has 0 spiro atoms. The van der Waals surface area contributed by atoms with Gasteiger partial charge in [-0.1, -0.05) is 55.7 Å². The summed E-state index contributed by atoms with van der Waals surface area (Å²) in [5.74, 6) is -2.16. The molecule has 10 heteroatoms. The van der Waals surface area contributed by atoms with E-state index in [2.05, 4.69) is 28.8 Å². The third-order valence-electron chi connectivity index (χ3n) is 7.73. The lowest BCUT2D eigenvalue weighted by Gasteiger charge is -2.30. The fraction of sp³-hybridized carbons (Fsp3) is 0.531. The molecule has 2 aromatic carbocycles. The van der Waals surface area contributed by atoms with Crippen LogP contribution in [0.5, 0.6) is 0 Å². The quantitative estimate of drug-likeness (QED) is 0.303. The van der Waals surface area contributed by atoms with Crippen molar-refractivity contribution in [1.29, 1.82) is 0 Å². The minimum absolute atomic E-state index is 0.0471. The molecule has 3 rings (SSSR count). The average molecular weight is 606 g/mol. The van der Waals surface area contributed by atoms with Crippen molar-refractivity contribution in [3.8, 4) is 0 Å². The number of aliphatic hydroxyl groups excluding tert-OH is 1. The van der Waals surface area contributed by atoms with E-state index in [1.54, 1.807) is 0 Å². The number of likely N-dealkylation sites (N-methyl/N-ethyl adjacent to an activating group) is 1. The summed E-state index contributed by atoms with van der Waals surface area (Å²) in [5, 5.41) is 17.3. The summed E-state index contributed by atoms with van der Waals surface area (Å²) in [7, 11) is -2.32. The molecule has 1 aliphatic heterocycles. The lowest BCUT2D eigenvalue weighted by molar-refractivity contribution is -0.126. The number of benzene rings is 2. The Labute approximate surface area is 249 Å². The van der Waals surface area contributed by atoms with Crippen LogP contribution in [-0.4, -0.2) is 61.3 Å². The van der Waals surface area contributed by atoms with Crippen molar-refractivity contribution in [3.63, 3.8) is 0 Å². The number of nitrogens with one attached hydrogen (secondary N) is 2. The van der Waals surface area contributed by atoms with Gasteiger partial charge in [0.05, 0.1) is 17.9 Å². The van der Waals surface area contributed by atoms with Gasteiger partial charge in [-0.2, -0.15) is 4.31 Å². The van der Waals surface area contributed by atoms with E-state index >= 15 is 0 Å². The Morgan fingerprint density at radius 3 is 2.50 bits per heavy atom. The minimum Gasteiger partial charge on any atom is -0.390 e. The number of hydrogen-bond donors (Lipinski definition) is 3. The molecule has 1 aliphatic rings. The molecule has 0 fully saturated rings. The molecule has 0 aliphatic carbocycles. The second kappa shape index (κ2) is 16.3. The standard InChI is InChI=1S/C32H45F2N3O4S/c1-4-5-10-15-42(40,41)37(3)30-12-9-7-6-8-11-25-14-13-23(2)16-26(25)21-35-22-31(38)29(36-32(30)39)19-24-17-27(33)20-28(34)18-24/h7,9,13-14,16-18,20,29-31,35,38H,4-6,8,10-12,15,19,21-22H2,1-3H3,(H,36,39)/t29-,30-,31+/m0/s1. The lowest BCUT2D eigenvalue weighted by Crippen LogP contribution is -2.55. The van der Waals surface area contributed by atoms with E-state index < -0.39 is 45.8 Å². The molecule has 7 nitrogen and oxygen atoms in total. The van der Waals surface area contributed by atoms with Crippen molar-refractivity contribution in [1.82, 2.24) is 14.9 Å². The van der Waals surface area contributed by atoms with Crippen LogP contribution in [0.1, 0.15) is 67.7 Å². The minimum atomic E-state index is -3.73. The van der Waals surface area contributed by atoms with E-state index in [-0.39, 0.29) is 30.7 Å². The van der Waals surface area contributed by atoms with E-state index in [0.717, 1.165) is 65.7 Å². The second-order valence-electron chi connectivity index (χ2n) is 11.2. The predicted octanol–water partition coefficient (Wildman–Crippen LogP) is 4.55. The number of rotatable bonds is 8. The molecule has 1 heterocycles. The van der Waals surface area contributed by atoms with Gasteiger partial charge in [0.15, 0.2) is 0 Å². The van der Waals surface area contributed by atoms with Gasteiger partial charge in [0.25, 0.3) is 0 Å². The molecule has 0 radical (unpaired) electrons. The number of carbonyl (C=O) groups is 1. The number of nitrogens with zero attached hydrogens (tertiary/aromatic N) is 1. The normalized spacial score (nSPS) is 21.2. The first-order valence-electron chi connectivity index (χ1n) is 14.8. The first-order valence-corrected chi connectivity index (χ1v) is 16.4. The molecule has 3 atom stereocenters. The third-order valence-corrected chi connectivity index (χ3v) is 9.67. The van der Waals surface area contributed by atoms with Crippen LogP contribution in [-0.2, 0) is 34.2 Å². The van der Waals surface area contributed by atoms with Crippen molar-refractivity contribution in [2.75, 3.05) is 19.3 Å². The number of unbranched alkanes of at least 4 members (excludes halogenated alkanes) is 2. The monoisotopic (exact) mass is 605 g/mol. The first-order chi connectivity index (χ1) is 20.0. The van der Waals surface area contributed by atoms with E-state index in [1.165, 1.54) is 12.6 Å². The van der Waals surface area contributed by atoms with Gasteiger partial charge in [-0.05, 0) is 74.3 Å². The highest BCUT2D eigenvalue weighted by Crippen LogP contribution is 2.18. The predicted molar refractivity (Wildman–Crippen MR) is 162 cm³/mol. The molecule has 1 amide bonds. The van der Waals surface area contributed by atoms with Crippen molar-refractivity contribution < 1.29 is 27.1 Å². The number of sulfonamides is 1. The number of hydrogen-bond acceptors (Lipinski definition) is 5. The average Bonchev–Trinajstić information content (AvgIpc) is 2.91. The Morgan fingerprint density at radius 2 is 1.79 bits per heavy atom. The third kappa shape index (κ3) is 10.3. The number of carbonyl (C=O) groups excluding carboxylic acids is 1. The highest BCUT2D eigenvalue weighted by molar-refractivity contribution is 7.89. The van der Waals surface area contributed by atoms with E-state index in [9.17, 15) is 27.1 Å². The van der Waals surface area contributed by atoms with Crippen molar-refractivity contribution in [2.24, 2.45) is 0 Å². The molecule has 42 heavy (non-hydrogen) atoms. The van der Waals surface area contributed by atoms with Crippen LogP contribution in [0.25, 0.3) is 0 Å². The van der Waals surface area contributed by atoms with Crippen LogP contribution in [0.2, 0.25) is 0 Å².